The molecule has 0 fully saturated rings. The molecule has 0 aliphatic heterocycles. The first kappa shape index (κ1) is 20.3. The minimum Gasteiger partial charge on any atom is -0.495 e. The van der Waals surface area contributed by atoms with Gasteiger partial charge < -0.3 is 20.3 Å². The highest BCUT2D eigenvalue weighted by atomic mass is 16.5. The molecule has 0 unspecified atom stereocenters. The van der Waals surface area contributed by atoms with Crippen molar-refractivity contribution in [3.63, 3.8) is 0 Å². The number of hydrogen-bond acceptors (Lipinski definition) is 5. The van der Waals surface area contributed by atoms with Crippen LogP contribution in [0.1, 0.15) is 18.9 Å². The summed E-state index contributed by atoms with van der Waals surface area (Å²) < 4.78 is 5.09. The van der Waals surface area contributed by atoms with E-state index in [0.717, 1.165) is 17.7 Å². The van der Waals surface area contributed by atoms with E-state index in [2.05, 4.69) is 29.4 Å². The molecule has 0 saturated heterocycles. The van der Waals surface area contributed by atoms with Gasteiger partial charge in [-0.15, -0.1) is 0 Å². The third kappa shape index (κ3) is 11.6. The number of nitrogens with one attached hydrogen (secondary N) is 1. The lowest BCUT2D eigenvalue weighted by Gasteiger charge is -2.05. The van der Waals surface area contributed by atoms with Crippen molar-refractivity contribution < 1.29 is 24.5 Å². The van der Waals surface area contributed by atoms with Gasteiger partial charge in [0, 0.05) is 24.4 Å². The number of ether oxygens (including phenoxy) is 1. The van der Waals surface area contributed by atoms with Crippen LogP contribution in [0.25, 0.3) is 6.08 Å². The number of aliphatic carboxylic acids is 2. The van der Waals surface area contributed by atoms with Crippen LogP contribution in [-0.4, -0.2) is 47.3 Å². The van der Waals surface area contributed by atoms with E-state index in [9.17, 15) is 9.59 Å². The average molecular weight is 322 g/mol. The SMILES string of the molecule is CN[C@@H](C)C/C=C/c1cncc(OC)c1.O=C(O)/C=C\C(=O)O. The summed E-state index contributed by atoms with van der Waals surface area (Å²) in [6.45, 7) is 2.15. The minimum atomic E-state index is -1.26. The Kier molecular flexibility index (Phi) is 10.5. The van der Waals surface area contributed by atoms with Crippen LogP contribution in [0.3, 0.4) is 0 Å². The van der Waals surface area contributed by atoms with Crippen LogP contribution in [0.4, 0.5) is 0 Å². The summed E-state index contributed by atoms with van der Waals surface area (Å²) in [4.78, 5) is 23.2. The lowest BCUT2D eigenvalue weighted by Crippen LogP contribution is -2.19. The fraction of sp³-hybridized carbons (Fsp3) is 0.312. The van der Waals surface area contributed by atoms with Gasteiger partial charge in [-0.1, -0.05) is 12.2 Å². The minimum absolute atomic E-state index is 0.500. The van der Waals surface area contributed by atoms with Gasteiger partial charge in [0.05, 0.1) is 13.3 Å². The summed E-state index contributed by atoms with van der Waals surface area (Å²) >= 11 is 0. The van der Waals surface area contributed by atoms with Gasteiger partial charge in [-0.3, -0.25) is 4.98 Å². The number of carboxylic acids is 2. The maximum atomic E-state index is 9.55. The normalized spacial score (nSPS) is 11.8. The standard InChI is InChI=1S/C12H18N2O.C4H4O4/c1-10(13-2)5-4-6-11-7-12(15-3)9-14-8-11;5-3(6)1-2-4(7)8/h4,6-10,13H,5H2,1-3H3;1-2H,(H,5,6)(H,7,8)/b6-4+;2-1-/t10-;/m0./s1. The molecule has 7 heteroatoms. The summed E-state index contributed by atoms with van der Waals surface area (Å²) in [6, 6.07) is 2.47. The zero-order chi connectivity index (χ0) is 17.7. The van der Waals surface area contributed by atoms with Crippen LogP contribution in [0.15, 0.2) is 36.7 Å². The highest BCUT2D eigenvalue weighted by Gasteiger charge is 1.94. The Labute approximate surface area is 135 Å². The molecule has 0 aliphatic carbocycles. The van der Waals surface area contributed by atoms with Crippen molar-refractivity contribution in [3.05, 3.63) is 42.3 Å². The topological polar surface area (TPSA) is 109 Å². The van der Waals surface area contributed by atoms with E-state index >= 15 is 0 Å². The summed E-state index contributed by atoms with van der Waals surface area (Å²) in [5, 5.41) is 18.8. The van der Waals surface area contributed by atoms with Crippen LogP contribution < -0.4 is 10.1 Å². The lowest BCUT2D eigenvalue weighted by atomic mass is 10.2. The second-order valence-electron chi connectivity index (χ2n) is 4.50. The molecular weight excluding hydrogens is 300 g/mol. The summed E-state index contributed by atoms with van der Waals surface area (Å²) in [5.74, 6) is -1.72. The highest BCUT2D eigenvalue weighted by molar-refractivity contribution is 5.89. The molecule has 1 aromatic rings. The predicted molar refractivity (Wildman–Crippen MR) is 87.4 cm³/mol. The zero-order valence-electron chi connectivity index (χ0n) is 13.4. The first-order chi connectivity index (χ1) is 10.9. The number of hydrogen-bond donors (Lipinski definition) is 3. The van der Waals surface area contributed by atoms with Crippen molar-refractivity contribution >= 4 is 18.0 Å². The second-order valence-corrected chi connectivity index (χ2v) is 4.50. The van der Waals surface area contributed by atoms with Gasteiger partial charge in [-0.25, -0.2) is 9.59 Å². The Balaban J connectivity index is 0.000000515. The molecule has 0 radical (unpaired) electrons. The molecular formula is C16H22N2O5. The number of pyridine rings is 1. The van der Waals surface area contributed by atoms with Gasteiger partial charge in [-0.05, 0) is 32.0 Å². The van der Waals surface area contributed by atoms with Gasteiger partial charge in [0.25, 0.3) is 0 Å². The van der Waals surface area contributed by atoms with Gasteiger partial charge >= 0.3 is 11.9 Å². The molecule has 0 spiro atoms. The Hall–Kier alpha value is -2.67. The fourth-order valence-corrected chi connectivity index (χ4v) is 1.31. The van der Waals surface area contributed by atoms with E-state index in [4.69, 9.17) is 14.9 Å². The van der Waals surface area contributed by atoms with Crippen molar-refractivity contribution in [2.24, 2.45) is 0 Å². The Bertz CT molecular complexity index is 539. The van der Waals surface area contributed by atoms with Gasteiger partial charge in [0.2, 0.25) is 0 Å². The van der Waals surface area contributed by atoms with E-state index in [0.29, 0.717) is 18.2 Å². The number of rotatable bonds is 7. The predicted octanol–water partition coefficient (Wildman–Crippen LogP) is 1.81. The molecule has 3 N–H and O–H groups in total. The molecule has 0 amide bonds. The molecule has 126 valence electrons. The fourth-order valence-electron chi connectivity index (χ4n) is 1.31. The largest absolute Gasteiger partial charge is 0.495 e. The Morgan fingerprint density at radius 2 is 1.91 bits per heavy atom. The first-order valence-electron chi connectivity index (χ1n) is 6.85. The Morgan fingerprint density at radius 3 is 2.39 bits per heavy atom. The summed E-state index contributed by atoms with van der Waals surface area (Å²) in [6.07, 6.45) is 9.84. The van der Waals surface area contributed by atoms with E-state index in [1.807, 2.05) is 19.3 Å². The number of carboxylic acid groups (broad SMARTS) is 2. The molecule has 7 nitrogen and oxygen atoms in total. The van der Waals surface area contributed by atoms with E-state index in [1.165, 1.54) is 0 Å². The first-order valence-corrected chi connectivity index (χ1v) is 6.85. The van der Waals surface area contributed by atoms with Gasteiger partial charge in [-0.2, -0.15) is 0 Å². The van der Waals surface area contributed by atoms with Crippen molar-refractivity contribution in [2.45, 2.75) is 19.4 Å². The maximum Gasteiger partial charge on any atom is 0.328 e. The van der Waals surface area contributed by atoms with E-state index < -0.39 is 11.9 Å². The van der Waals surface area contributed by atoms with Crippen molar-refractivity contribution in [1.29, 1.82) is 0 Å². The zero-order valence-corrected chi connectivity index (χ0v) is 13.4. The van der Waals surface area contributed by atoms with Crippen molar-refractivity contribution in [3.8, 4) is 5.75 Å². The average Bonchev–Trinajstić information content (AvgIpc) is 2.53. The van der Waals surface area contributed by atoms with Crippen LogP contribution in [0, 0.1) is 0 Å². The van der Waals surface area contributed by atoms with Crippen molar-refractivity contribution in [2.75, 3.05) is 14.2 Å². The maximum absolute atomic E-state index is 9.55. The van der Waals surface area contributed by atoms with E-state index in [-0.39, 0.29) is 0 Å². The van der Waals surface area contributed by atoms with Gasteiger partial charge in [0.1, 0.15) is 5.75 Å². The van der Waals surface area contributed by atoms with Gasteiger partial charge in [0.15, 0.2) is 0 Å². The van der Waals surface area contributed by atoms with E-state index in [1.54, 1.807) is 13.3 Å². The monoisotopic (exact) mass is 322 g/mol. The second kappa shape index (κ2) is 11.9. The highest BCUT2D eigenvalue weighted by Crippen LogP contribution is 2.11. The molecule has 0 aromatic carbocycles. The smallest absolute Gasteiger partial charge is 0.328 e. The lowest BCUT2D eigenvalue weighted by molar-refractivity contribution is -0.134. The molecule has 23 heavy (non-hydrogen) atoms. The molecule has 1 heterocycles. The third-order valence-corrected chi connectivity index (χ3v) is 2.63. The number of aromatic nitrogens is 1. The van der Waals surface area contributed by atoms with Crippen LogP contribution in [0.2, 0.25) is 0 Å². The summed E-state index contributed by atoms with van der Waals surface area (Å²) in [5.41, 5.74) is 1.07. The third-order valence-electron chi connectivity index (χ3n) is 2.63. The molecule has 0 saturated carbocycles. The van der Waals surface area contributed by atoms with Crippen molar-refractivity contribution in [1.82, 2.24) is 10.3 Å². The number of methoxy groups -OCH3 is 1. The molecule has 1 aromatic heterocycles. The number of carbonyl (C=O) groups is 2. The molecule has 0 bridgehead atoms. The Morgan fingerprint density at radius 1 is 1.30 bits per heavy atom. The van der Waals surface area contributed by atoms with Crippen LogP contribution in [-0.2, 0) is 9.59 Å². The summed E-state index contributed by atoms with van der Waals surface area (Å²) in [7, 11) is 3.61. The molecule has 0 aliphatic rings. The van der Waals surface area contributed by atoms with Crippen LogP contribution in [0.5, 0.6) is 5.75 Å². The van der Waals surface area contributed by atoms with Crippen LogP contribution >= 0.6 is 0 Å². The molecule has 1 rings (SSSR count). The number of nitrogens with zero attached hydrogens (tertiary/aromatic N) is 1. The quantitative estimate of drug-likeness (QED) is 0.657. The molecule has 1 atom stereocenters.